The second-order valence-electron chi connectivity index (χ2n) is 8.99. The fraction of sp³-hybridized carbons (Fsp3) is 0.346. The van der Waals surface area contributed by atoms with Crippen LogP contribution in [0.15, 0.2) is 48.5 Å². The SMILES string of the molecule is Cc1nc2cc(-c3cc(Nc4ccc(Cl)cc4)nc(N4CCOCC4)n3)ccc2n1C1CCC1. The van der Waals surface area contributed by atoms with Gasteiger partial charge in [0.15, 0.2) is 0 Å². The normalized spacial score (nSPS) is 16.6. The number of hydrogen-bond acceptors (Lipinski definition) is 6. The molecule has 2 fully saturated rings. The van der Waals surface area contributed by atoms with Crippen molar-refractivity contribution in [2.75, 3.05) is 36.5 Å². The van der Waals surface area contributed by atoms with Crippen LogP contribution < -0.4 is 10.2 Å². The Labute approximate surface area is 203 Å². The molecule has 3 heterocycles. The Morgan fingerprint density at radius 1 is 0.971 bits per heavy atom. The number of halogens is 1. The number of benzene rings is 2. The van der Waals surface area contributed by atoms with E-state index in [9.17, 15) is 0 Å². The summed E-state index contributed by atoms with van der Waals surface area (Å²) in [4.78, 5) is 16.8. The minimum Gasteiger partial charge on any atom is -0.378 e. The van der Waals surface area contributed by atoms with Crippen molar-refractivity contribution in [3.05, 3.63) is 59.4 Å². The highest BCUT2D eigenvalue weighted by atomic mass is 35.5. The molecule has 4 aromatic rings. The number of hydrogen-bond donors (Lipinski definition) is 1. The second-order valence-corrected chi connectivity index (χ2v) is 9.42. The van der Waals surface area contributed by atoms with Crippen LogP contribution in [0.5, 0.6) is 0 Å². The molecule has 1 saturated heterocycles. The van der Waals surface area contributed by atoms with Gasteiger partial charge >= 0.3 is 0 Å². The molecular formula is C26H27ClN6O. The standard InChI is InChI=1S/C26H27ClN6O/c1-17-28-23-15-18(5-10-24(23)33(17)21-3-2-4-21)22-16-25(29-20-8-6-19(27)7-9-20)31-26(30-22)32-11-13-34-14-12-32/h5-10,15-16,21H,2-4,11-14H2,1H3,(H,29,30,31). The van der Waals surface area contributed by atoms with Crippen molar-refractivity contribution < 1.29 is 4.74 Å². The zero-order valence-corrected chi connectivity index (χ0v) is 19.9. The molecule has 174 valence electrons. The second kappa shape index (κ2) is 8.89. The van der Waals surface area contributed by atoms with E-state index >= 15 is 0 Å². The molecule has 0 radical (unpaired) electrons. The third-order valence-corrected chi connectivity index (χ3v) is 6.98. The lowest BCUT2D eigenvalue weighted by molar-refractivity contribution is 0.122. The summed E-state index contributed by atoms with van der Waals surface area (Å²) >= 11 is 6.06. The van der Waals surface area contributed by atoms with Gasteiger partial charge in [-0.2, -0.15) is 4.98 Å². The molecule has 2 aromatic carbocycles. The van der Waals surface area contributed by atoms with E-state index in [4.69, 9.17) is 31.3 Å². The van der Waals surface area contributed by atoms with E-state index in [1.165, 1.54) is 24.8 Å². The molecule has 34 heavy (non-hydrogen) atoms. The van der Waals surface area contributed by atoms with Gasteiger partial charge in [0, 0.05) is 41.5 Å². The molecule has 0 atom stereocenters. The van der Waals surface area contributed by atoms with Crippen molar-refractivity contribution in [1.29, 1.82) is 0 Å². The van der Waals surface area contributed by atoms with Gasteiger partial charge in [-0.25, -0.2) is 9.97 Å². The van der Waals surface area contributed by atoms with Crippen LogP contribution in [0.1, 0.15) is 31.1 Å². The van der Waals surface area contributed by atoms with Gasteiger partial charge in [0.25, 0.3) is 0 Å². The molecule has 0 bridgehead atoms. The zero-order chi connectivity index (χ0) is 23.1. The number of nitrogens with one attached hydrogen (secondary N) is 1. The van der Waals surface area contributed by atoms with Gasteiger partial charge in [0.05, 0.1) is 29.9 Å². The first-order chi connectivity index (χ1) is 16.6. The van der Waals surface area contributed by atoms with Crippen molar-refractivity contribution in [2.45, 2.75) is 32.2 Å². The molecular weight excluding hydrogens is 448 g/mol. The van der Waals surface area contributed by atoms with E-state index in [-0.39, 0.29) is 0 Å². The Morgan fingerprint density at radius 3 is 2.50 bits per heavy atom. The molecule has 0 amide bonds. The predicted octanol–water partition coefficient (Wildman–Crippen LogP) is 5.76. The van der Waals surface area contributed by atoms with Gasteiger partial charge in [-0.15, -0.1) is 0 Å². The highest BCUT2D eigenvalue weighted by Gasteiger charge is 2.23. The van der Waals surface area contributed by atoms with Gasteiger partial charge in [-0.05, 0) is 62.6 Å². The smallest absolute Gasteiger partial charge is 0.228 e. The van der Waals surface area contributed by atoms with Crippen molar-refractivity contribution >= 4 is 40.1 Å². The maximum absolute atomic E-state index is 6.06. The Hall–Kier alpha value is -3.16. The molecule has 1 saturated carbocycles. The van der Waals surface area contributed by atoms with Gasteiger partial charge in [0.2, 0.25) is 5.95 Å². The lowest BCUT2D eigenvalue weighted by atomic mass is 9.92. The van der Waals surface area contributed by atoms with Crippen LogP contribution in [-0.4, -0.2) is 45.8 Å². The number of imidazole rings is 1. The van der Waals surface area contributed by atoms with E-state index in [0.29, 0.717) is 30.2 Å². The molecule has 2 aliphatic rings. The lowest BCUT2D eigenvalue weighted by Crippen LogP contribution is -2.37. The molecule has 1 aliphatic carbocycles. The average molecular weight is 475 g/mol. The van der Waals surface area contributed by atoms with E-state index in [1.54, 1.807) is 0 Å². The summed E-state index contributed by atoms with van der Waals surface area (Å²) in [5.74, 6) is 2.53. The monoisotopic (exact) mass is 474 g/mol. The number of fused-ring (bicyclic) bond motifs is 1. The summed E-state index contributed by atoms with van der Waals surface area (Å²) in [7, 11) is 0. The lowest BCUT2D eigenvalue weighted by Gasteiger charge is -2.28. The van der Waals surface area contributed by atoms with Crippen LogP contribution in [-0.2, 0) is 4.74 Å². The quantitative estimate of drug-likeness (QED) is 0.396. The van der Waals surface area contributed by atoms with E-state index in [0.717, 1.165) is 47.2 Å². The number of anilines is 3. The molecule has 2 aromatic heterocycles. The first-order valence-electron chi connectivity index (χ1n) is 11.9. The Bertz CT molecular complexity index is 1330. The topological polar surface area (TPSA) is 68.1 Å². The first kappa shape index (κ1) is 21.4. The molecule has 6 rings (SSSR count). The van der Waals surface area contributed by atoms with Gasteiger partial charge in [-0.3, -0.25) is 0 Å². The van der Waals surface area contributed by atoms with Crippen molar-refractivity contribution in [3.63, 3.8) is 0 Å². The van der Waals surface area contributed by atoms with Crippen LogP contribution in [0.3, 0.4) is 0 Å². The molecule has 8 heteroatoms. The maximum atomic E-state index is 6.06. The molecule has 0 spiro atoms. The highest BCUT2D eigenvalue weighted by Crippen LogP contribution is 2.36. The average Bonchev–Trinajstić information content (AvgIpc) is 3.15. The number of nitrogens with zero attached hydrogens (tertiary/aromatic N) is 5. The first-order valence-corrected chi connectivity index (χ1v) is 12.3. The van der Waals surface area contributed by atoms with E-state index in [2.05, 4.69) is 39.9 Å². The Morgan fingerprint density at radius 2 is 1.76 bits per heavy atom. The highest BCUT2D eigenvalue weighted by molar-refractivity contribution is 6.30. The number of rotatable bonds is 5. The minimum atomic E-state index is 0.581. The van der Waals surface area contributed by atoms with Crippen LogP contribution >= 0.6 is 11.6 Å². The van der Waals surface area contributed by atoms with E-state index in [1.807, 2.05) is 30.3 Å². The number of aromatic nitrogens is 4. The number of ether oxygens (including phenoxy) is 1. The number of aryl methyl sites for hydroxylation is 1. The molecule has 1 N–H and O–H groups in total. The summed E-state index contributed by atoms with van der Waals surface area (Å²) in [5.41, 5.74) is 5.04. The van der Waals surface area contributed by atoms with Crippen LogP contribution in [0, 0.1) is 6.92 Å². The van der Waals surface area contributed by atoms with Crippen LogP contribution in [0.25, 0.3) is 22.3 Å². The third-order valence-electron chi connectivity index (χ3n) is 6.73. The minimum absolute atomic E-state index is 0.581. The fourth-order valence-corrected chi connectivity index (χ4v) is 4.84. The van der Waals surface area contributed by atoms with Gasteiger partial charge in [0.1, 0.15) is 11.6 Å². The summed E-state index contributed by atoms with van der Waals surface area (Å²) in [5, 5.41) is 4.12. The van der Waals surface area contributed by atoms with Crippen molar-refractivity contribution in [1.82, 2.24) is 19.5 Å². The molecule has 1 aliphatic heterocycles. The van der Waals surface area contributed by atoms with Gasteiger partial charge < -0.3 is 19.5 Å². The summed E-state index contributed by atoms with van der Waals surface area (Å²) in [6, 6.07) is 16.7. The van der Waals surface area contributed by atoms with E-state index < -0.39 is 0 Å². The number of morpholine rings is 1. The Kier molecular flexibility index (Phi) is 5.59. The summed E-state index contributed by atoms with van der Waals surface area (Å²) < 4.78 is 7.93. The largest absolute Gasteiger partial charge is 0.378 e. The van der Waals surface area contributed by atoms with Crippen molar-refractivity contribution in [2.24, 2.45) is 0 Å². The van der Waals surface area contributed by atoms with Crippen LogP contribution in [0.2, 0.25) is 5.02 Å². The summed E-state index contributed by atoms with van der Waals surface area (Å²) in [6.45, 7) is 5.00. The third kappa shape index (κ3) is 4.10. The van der Waals surface area contributed by atoms with Crippen molar-refractivity contribution in [3.8, 4) is 11.3 Å². The van der Waals surface area contributed by atoms with Gasteiger partial charge in [-0.1, -0.05) is 17.7 Å². The molecule has 0 unspecified atom stereocenters. The Balaban J connectivity index is 1.40. The molecule has 7 nitrogen and oxygen atoms in total. The van der Waals surface area contributed by atoms with Crippen LogP contribution in [0.4, 0.5) is 17.5 Å². The fourth-order valence-electron chi connectivity index (χ4n) is 4.72. The predicted molar refractivity (Wildman–Crippen MR) is 136 cm³/mol. The summed E-state index contributed by atoms with van der Waals surface area (Å²) in [6.07, 6.45) is 3.78. The zero-order valence-electron chi connectivity index (χ0n) is 19.2. The maximum Gasteiger partial charge on any atom is 0.228 e.